The number of aryl methyl sites for hydroxylation is 1. The summed E-state index contributed by atoms with van der Waals surface area (Å²) in [6.45, 7) is 2.00. The highest BCUT2D eigenvalue weighted by Crippen LogP contribution is 2.20. The molecule has 0 atom stereocenters. The summed E-state index contributed by atoms with van der Waals surface area (Å²) in [6.07, 6.45) is 0. The van der Waals surface area contributed by atoms with E-state index in [0.29, 0.717) is 11.3 Å². The van der Waals surface area contributed by atoms with Crippen LogP contribution in [0.15, 0.2) is 48.5 Å². The molecule has 0 radical (unpaired) electrons. The molecule has 0 aliphatic carbocycles. The molecular weight excluding hydrogens is 238 g/mol. The fraction of sp³-hybridized carbons (Fsp3) is 0.133. The van der Waals surface area contributed by atoms with Crippen molar-refractivity contribution in [1.82, 2.24) is 0 Å². The van der Waals surface area contributed by atoms with Gasteiger partial charge in [-0.05, 0) is 36.8 Å². The summed E-state index contributed by atoms with van der Waals surface area (Å²) in [5, 5.41) is 0. The second kappa shape index (κ2) is 5.54. The van der Waals surface area contributed by atoms with Crippen LogP contribution in [0.3, 0.4) is 0 Å². The van der Waals surface area contributed by atoms with E-state index in [1.165, 1.54) is 0 Å². The first-order valence-corrected chi connectivity index (χ1v) is 6.04. The minimum Gasteiger partial charge on any atom is -0.323 e. The summed E-state index contributed by atoms with van der Waals surface area (Å²) in [5.74, 6) is 5.33. The fourth-order valence-electron chi connectivity index (χ4n) is 1.93. The number of nitrogen functional groups attached to an aromatic ring is 1. The second-order valence-corrected chi connectivity index (χ2v) is 4.39. The maximum absolute atomic E-state index is 12.5. The Balaban J connectivity index is 2.33. The maximum Gasteiger partial charge on any atom is 0.260 e. The Labute approximate surface area is 112 Å². The lowest BCUT2D eigenvalue weighted by atomic mass is 10.1. The molecule has 2 aromatic rings. The molecule has 19 heavy (non-hydrogen) atoms. The third-order valence-electron chi connectivity index (χ3n) is 3.01. The largest absolute Gasteiger partial charge is 0.323 e. The number of hydrogen-bond acceptors (Lipinski definition) is 3. The number of hydrogen-bond donors (Lipinski definition) is 2. The molecular formula is C15H17N3O. The van der Waals surface area contributed by atoms with Gasteiger partial charge in [-0.2, -0.15) is 0 Å². The zero-order valence-corrected chi connectivity index (χ0v) is 11.1. The predicted molar refractivity (Wildman–Crippen MR) is 78.2 cm³/mol. The van der Waals surface area contributed by atoms with Gasteiger partial charge in [0.25, 0.3) is 5.91 Å². The van der Waals surface area contributed by atoms with E-state index < -0.39 is 0 Å². The minimum absolute atomic E-state index is 0.0980. The first-order chi connectivity index (χ1) is 9.13. The molecule has 0 aliphatic heterocycles. The zero-order chi connectivity index (χ0) is 13.8. The third-order valence-corrected chi connectivity index (χ3v) is 3.01. The number of benzene rings is 2. The van der Waals surface area contributed by atoms with E-state index in [2.05, 4.69) is 5.43 Å². The smallest absolute Gasteiger partial charge is 0.260 e. The number of rotatable bonds is 3. The molecule has 0 aliphatic rings. The van der Waals surface area contributed by atoms with Crippen molar-refractivity contribution in [2.45, 2.75) is 6.92 Å². The molecule has 0 saturated carbocycles. The summed E-state index contributed by atoms with van der Waals surface area (Å²) < 4.78 is 0. The van der Waals surface area contributed by atoms with Gasteiger partial charge in [0.05, 0.1) is 11.3 Å². The number of nitrogens with two attached hydrogens (primary N) is 1. The lowest BCUT2D eigenvalue weighted by molar-refractivity contribution is 0.0994. The Morgan fingerprint density at radius 3 is 2.58 bits per heavy atom. The Hall–Kier alpha value is -2.33. The number of nitrogens with one attached hydrogen (secondary N) is 1. The van der Waals surface area contributed by atoms with Crippen molar-refractivity contribution in [2.75, 3.05) is 17.4 Å². The van der Waals surface area contributed by atoms with Crippen molar-refractivity contribution in [3.8, 4) is 0 Å². The van der Waals surface area contributed by atoms with Gasteiger partial charge in [-0.25, -0.2) is 0 Å². The van der Waals surface area contributed by atoms with Gasteiger partial charge in [0, 0.05) is 12.7 Å². The molecule has 2 rings (SSSR count). The monoisotopic (exact) mass is 255 g/mol. The number of para-hydroxylation sites is 1. The molecule has 0 saturated heterocycles. The lowest BCUT2D eigenvalue weighted by Crippen LogP contribution is -2.27. The van der Waals surface area contributed by atoms with Gasteiger partial charge < -0.3 is 10.3 Å². The summed E-state index contributed by atoms with van der Waals surface area (Å²) in [4.78, 5) is 14.1. The van der Waals surface area contributed by atoms with Crippen LogP contribution in [0.4, 0.5) is 11.4 Å². The molecule has 0 spiro atoms. The summed E-state index contributed by atoms with van der Waals surface area (Å²) >= 11 is 0. The Kier molecular flexibility index (Phi) is 3.82. The molecule has 3 N–H and O–H groups in total. The van der Waals surface area contributed by atoms with Crippen LogP contribution in [0.25, 0.3) is 0 Å². The first kappa shape index (κ1) is 13.1. The topological polar surface area (TPSA) is 58.4 Å². The van der Waals surface area contributed by atoms with E-state index in [1.807, 2.05) is 43.3 Å². The van der Waals surface area contributed by atoms with Gasteiger partial charge in [-0.15, -0.1) is 0 Å². The average molecular weight is 255 g/mol. The molecule has 2 aromatic carbocycles. The highest BCUT2D eigenvalue weighted by molar-refractivity contribution is 6.09. The van der Waals surface area contributed by atoms with Gasteiger partial charge in [-0.1, -0.05) is 24.3 Å². The van der Waals surface area contributed by atoms with Crippen molar-refractivity contribution in [3.63, 3.8) is 0 Å². The van der Waals surface area contributed by atoms with E-state index in [-0.39, 0.29) is 5.91 Å². The Morgan fingerprint density at radius 2 is 1.89 bits per heavy atom. The quantitative estimate of drug-likeness (QED) is 0.654. The summed E-state index contributed by atoms with van der Waals surface area (Å²) in [5.41, 5.74) is 5.69. The Bertz CT molecular complexity index is 595. The van der Waals surface area contributed by atoms with Crippen molar-refractivity contribution >= 4 is 17.3 Å². The maximum atomic E-state index is 12.5. The van der Waals surface area contributed by atoms with Gasteiger partial charge in [-0.3, -0.25) is 10.6 Å². The molecule has 0 aromatic heterocycles. The molecule has 0 heterocycles. The van der Waals surface area contributed by atoms with Crippen molar-refractivity contribution in [1.29, 1.82) is 0 Å². The molecule has 0 unspecified atom stereocenters. The number of carbonyl (C=O) groups excluding carboxylic acids is 1. The van der Waals surface area contributed by atoms with Crippen LogP contribution >= 0.6 is 0 Å². The second-order valence-electron chi connectivity index (χ2n) is 4.39. The average Bonchev–Trinajstić information content (AvgIpc) is 2.45. The van der Waals surface area contributed by atoms with Gasteiger partial charge in [0.15, 0.2) is 0 Å². The fourth-order valence-corrected chi connectivity index (χ4v) is 1.93. The van der Waals surface area contributed by atoms with Crippen LogP contribution in [0.1, 0.15) is 15.9 Å². The van der Waals surface area contributed by atoms with Crippen LogP contribution in [0.5, 0.6) is 0 Å². The van der Waals surface area contributed by atoms with Gasteiger partial charge in [0.1, 0.15) is 0 Å². The van der Waals surface area contributed by atoms with E-state index in [1.54, 1.807) is 24.1 Å². The lowest BCUT2D eigenvalue weighted by Gasteiger charge is -2.19. The van der Waals surface area contributed by atoms with E-state index in [4.69, 9.17) is 5.84 Å². The number of hydrazine groups is 1. The number of amides is 1. The molecule has 4 nitrogen and oxygen atoms in total. The third kappa shape index (κ3) is 2.74. The molecule has 98 valence electrons. The molecule has 0 bridgehead atoms. The highest BCUT2D eigenvalue weighted by atomic mass is 16.2. The van der Waals surface area contributed by atoms with E-state index in [9.17, 15) is 4.79 Å². The van der Waals surface area contributed by atoms with Crippen molar-refractivity contribution in [2.24, 2.45) is 5.84 Å². The molecule has 0 fully saturated rings. The normalized spacial score (nSPS) is 10.1. The van der Waals surface area contributed by atoms with Crippen molar-refractivity contribution in [3.05, 3.63) is 59.7 Å². The number of nitrogens with zero attached hydrogens (tertiary/aromatic N) is 1. The van der Waals surface area contributed by atoms with Crippen LogP contribution in [-0.2, 0) is 0 Å². The molecule has 1 amide bonds. The Morgan fingerprint density at radius 1 is 1.16 bits per heavy atom. The summed E-state index contributed by atoms with van der Waals surface area (Å²) in [6, 6.07) is 15.0. The van der Waals surface area contributed by atoms with Gasteiger partial charge >= 0.3 is 0 Å². The predicted octanol–water partition coefficient (Wildman–Crippen LogP) is 2.56. The minimum atomic E-state index is -0.0980. The number of anilines is 2. The van der Waals surface area contributed by atoms with Crippen LogP contribution < -0.4 is 16.2 Å². The molecule has 4 heteroatoms. The highest BCUT2D eigenvalue weighted by Gasteiger charge is 2.16. The van der Waals surface area contributed by atoms with Crippen LogP contribution in [0, 0.1) is 6.92 Å². The zero-order valence-electron chi connectivity index (χ0n) is 11.1. The van der Waals surface area contributed by atoms with Crippen molar-refractivity contribution < 1.29 is 4.79 Å². The number of carbonyl (C=O) groups is 1. The van der Waals surface area contributed by atoms with E-state index >= 15 is 0 Å². The first-order valence-electron chi connectivity index (χ1n) is 6.04. The summed E-state index contributed by atoms with van der Waals surface area (Å²) in [7, 11) is 1.75. The van der Waals surface area contributed by atoms with Crippen LogP contribution in [0.2, 0.25) is 0 Å². The SMILES string of the molecule is Cc1cccc(N(C)C(=O)c2ccccc2NN)c1. The standard InChI is InChI=1S/C15H17N3O/c1-11-6-5-7-12(10-11)18(2)15(19)13-8-3-4-9-14(13)17-16/h3-10,17H,16H2,1-2H3. The van der Waals surface area contributed by atoms with Crippen LogP contribution in [-0.4, -0.2) is 13.0 Å². The van der Waals surface area contributed by atoms with Gasteiger partial charge in [0.2, 0.25) is 0 Å². The van der Waals surface area contributed by atoms with E-state index in [0.717, 1.165) is 11.3 Å².